The zero-order valence-electron chi connectivity index (χ0n) is 9.97. The number of aromatic nitrogens is 1. The van der Waals surface area contributed by atoms with Crippen molar-refractivity contribution in [3.8, 4) is 0 Å². The Balaban J connectivity index is 1.76. The van der Waals surface area contributed by atoms with E-state index in [4.69, 9.17) is 5.73 Å². The molecule has 16 heavy (non-hydrogen) atoms. The van der Waals surface area contributed by atoms with Crippen molar-refractivity contribution in [2.45, 2.75) is 25.8 Å². The van der Waals surface area contributed by atoms with Crippen molar-refractivity contribution in [1.82, 2.24) is 9.88 Å². The second kappa shape index (κ2) is 5.41. The van der Waals surface area contributed by atoms with E-state index in [9.17, 15) is 0 Å². The van der Waals surface area contributed by atoms with Crippen molar-refractivity contribution < 1.29 is 0 Å². The highest BCUT2D eigenvalue weighted by molar-refractivity contribution is 5.03. The van der Waals surface area contributed by atoms with Crippen molar-refractivity contribution in [2.24, 2.45) is 11.7 Å². The maximum atomic E-state index is 5.93. The molecule has 0 aromatic carbocycles. The average molecular weight is 219 g/mol. The lowest BCUT2D eigenvalue weighted by Gasteiger charge is -2.17. The fraction of sp³-hybridized carbons (Fsp3) is 0.615. The van der Waals surface area contributed by atoms with Crippen LogP contribution in [0.3, 0.4) is 0 Å². The minimum atomic E-state index is 0.333. The summed E-state index contributed by atoms with van der Waals surface area (Å²) in [6.07, 6.45) is 4.16. The summed E-state index contributed by atoms with van der Waals surface area (Å²) >= 11 is 0. The molecular weight excluding hydrogens is 198 g/mol. The largest absolute Gasteiger partial charge is 0.328 e. The number of nitrogens with zero attached hydrogens (tertiary/aromatic N) is 2. The van der Waals surface area contributed by atoms with Crippen LogP contribution in [-0.4, -0.2) is 35.6 Å². The third kappa shape index (κ3) is 3.03. The third-order valence-corrected chi connectivity index (χ3v) is 3.46. The number of pyridine rings is 1. The summed E-state index contributed by atoms with van der Waals surface area (Å²) < 4.78 is 0. The van der Waals surface area contributed by atoms with Crippen molar-refractivity contribution in [2.75, 3.05) is 19.6 Å². The van der Waals surface area contributed by atoms with Crippen LogP contribution in [0.4, 0.5) is 0 Å². The molecule has 1 fully saturated rings. The van der Waals surface area contributed by atoms with E-state index < -0.39 is 0 Å². The van der Waals surface area contributed by atoms with Gasteiger partial charge in [-0.15, -0.1) is 0 Å². The van der Waals surface area contributed by atoms with Gasteiger partial charge in [-0.1, -0.05) is 6.07 Å². The monoisotopic (exact) mass is 219 g/mol. The fourth-order valence-electron chi connectivity index (χ4n) is 2.31. The van der Waals surface area contributed by atoms with E-state index in [1.165, 1.54) is 18.7 Å². The molecular formula is C13H21N3. The Bertz CT molecular complexity index is 310. The van der Waals surface area contributed by atoms with Crippen molar-refractivity contribution in [3.63, 3.8) is 0 Å². The first-order valence-electron chi connectivity index (χ1n) is 6.13. The standard InChI is InChI=1S/C13H21N3/c1-11(14)12-5-8-16(10-12)9-6-13-4-2-3-7-15-13/h2-4,7,11-12H,5-6,8-10,14H2,1H3. The van der Waals surface area contributed by atoms with Gasteiger partial charge >= 0.3 is 0 Å². The maximum absolute atomic E-state index is 5.93. The molecule has 1 aromatic heterocycles. The Morgan fingerprint density at radius 2 is 2.44 bits per heavy atom. The van der Waals surface area contributed by atoms with Gasteiger partial charge in [0.05, 0.1) is 0 Å². The Kier molecular flexibility index (Phi) is 3.91. The summed E-state index contributed by atoms with van der Waals surface area (Å²) in [7, 11) is 0. The molecule has 3 nitrogen and oxygen atoms in total. The quantitative estimate of drug-likeness (QED) is 0.830. The van der Waals surface area contributed by atoms with Crippen LogP contribution in [0.15, 0.2) is 24.4 Å². The molecule has 1 aliphatic rings. The van der Waals surface area contributed by atoms with Crippen LogP contribution in [0.2, 0.25) is 0 Å². The summed E-state index contributed by atoms with van der Waals surface area (Å²) in [5.41, 5.74) is 7.11. The molecule has 0 radical (unpaired) electrons. The zero-order chi connectivity index (χ0) is 11.4. The van der Waals surface area contributed by atoms with Crippen LogP contribution in [0, 0.1) is 5.92 Å². The van der Waals surface area contributed by atoms with E-state index in [-0.39, 0.29) is 0 Å². The average Bonchev–Trinajstić information content (AvgIpc) is 2.76. The normalized spacial score (nSPS) is 23.5. The van der Waals surface area contributed by atoms with Gasteiger partial charge in [0, 0.05) is 37.4 Å². The van der Waals surface area contributed by atoms with Crippen LogP contribution >= 0.6 is 0 Å². The summed E-state index contributed by atoms with van der Waals surface area (Å²) in [6, 6.07) is 6.45. The van der Waals surface area contributed by atoms with Crippen molar-refractivity contribution in [1.29, 1.82) is 0 Å². The molecule has 1 aliphatic heterocycles. The number of hydrogen-bond donors (Lipinski definition) is 1. The van der Waals surface area contributed by atoms with E-state index >= 15 is 0 Å². The van der Waals surface area contributed by atoms with Crippen molar-refractivity contribution >= 4 is 0 Å². The smallest absolute Gasteiger partial charge is 0.0416 e. The summed E-state index contributed by atoms with van der Waals surface area (Å²) in [5, 5.41) is 0. The molecule has 2 N–H and O–H groups in total. The van der Waals surface area contributed by atoms with Crippen LogP contribution in [0.25, 0.3) is 0 Å². The van der Waals surface area contributed by atoms with Gasteiger partial charge in [-0.3, -0.25) is 4.98 Å². The molecule has 1 saturated heterocycles. The lowest BCUT2D eigenvalue weighted by atomic mass is 10.0. The van der Waals surface area contributed by atoms with Gasteiger partial charge in [-0.05, 0) is 37.9 Å². The molecule has 0 saturated carbocycles. The predicted molar refractivity (Wildman–Crippen MR) is 66.1 cm³/mol. The van der Waals surface area contributed by atoms with Gasteiger partial charge in [-0.25, -0.2) is 0 Å². The molecule has 0 spiro atoms. The van der Waals surface area contributed by atoms with Gasteiger partial charge in [-0.2, -0.15) is 0 Å². The Hall–Kier alpha value is -0.930. The van der Waals surface area contributed by atoms with E-state index in [2.05, 4.69) is 28.9 Å². The second-order valence-corrected chi connectivity index (χ2v) is 4.78. The molecule has 1 aromatic rings. The van der Waals surface area contributed by atoms with Gasteiger partial charge in [0.25, 0.3) is 0 Å². The molecule has 2 heterocycles. The first-order chi connectivity index (χ1) is 7.75. The molecule has 2 unspecified atom stereocenters. The van der Waals surface area contributed by atoms with E-state index in [0.717, 1.165) is 19.5 Å². The molecule has 0 aliphatic carbocycles. The number of nitrogens with two attached hydrogens (primary N) is 1. The maximum Gasteiger partial charge on any atom is 0.0416 e. The fourth-order valence-corrected chi connectivity index (χ4v) is 2.31. The first kappa shape index (κ1) is 11.6. The van der Waals surface area contributed by atoms with Crippen molar-refractivity contribution in [3.05, 3.63) is 30.1 Å². The van der Waals surface area contributed by atoms with Gasteiger partial charge in [0.2, 0.25) is 0 Å². The third-order valence-electron chi connectivity index (χ3n) is 3.46. The van der Waals surface area contributed by atoms with Crippen LogP contribution in [0.1, 0.15) is 19.0 Å². The molecule has 3 heteroatoms. The van der Waals surface area contributed by atoms with Gasteiger partial charge in [0.15, 0.2) is 0 Å². The Morgan fingerprint density at radius 1 is 1.56 bits per heavy atom. The van der Waals surface area contributed by atoms with E-state index in [1.807, 2.05) is 12.3 Å². The zero-order valence-corrected chi connectivity index (χ0v) is 9.97. The minimum Gasteiger partial charge on any atom is -0.328 e. The van der Waals surface area contributed by atoms with Crippen LogP contribution < -0.4 is 5.73 Å². The van der Waals surface area contributed by atoms with E-state index in [0.29, 0.717) is 12.0 Å². The highest BCUT2D eigenvalue weighted by Crippen LogP contribution is 2.18. The summed E-state index contributed by atoms with van der Waals surface area (Å²) in [4.78, 5) is 6.85. The second-order valence-electron chi connectivity index (χ2n) is 4.78. The molecule has 0 bridgehead atoms. The van der Waals surface area contributed by atoms with Gasteiger partial charge in [0.1, 0.15) is 0 Å². The van der Waals surface area contributed by atoms with Crippen LogP contribution in [-0.2, 0) is 6.42 Å². The van der Waals surface area contributed by atoms with E-state index in [1.54, 1.807) is 0 Å². The first-order valence-corrected chi connectivity index (χ1v) is 6.13. The molecule has 2 atom stereocenters. The number of rotatable bonds is 4. The highest BCUT2D eigenvalue weighted by atomic mass is 15.1. The predicted octanol–water partition coefficient (Wildman–Crippen LogP) is 1.29. The minimum absolute atomic E-state index is 0.333. The lowest BCUT2D eigenvalue weighted by molar-refractivity contribution is 0.318. The SMILES string of the molecule is CC(N)C1CCN(CCc2ccccn2)C1. The Labute approximate surface area is 97.7 Å². The highest BCUT2D eigenvalue weighted by Gasteiger charge is 2.24. The summed E-state index contributed by atoms with van der Waals surface area (Å²) in [6.45, 7) is 5.58. The van der Waals surface area contributed by atoms with Gasteiger partial charge < -0.3 is 10.6 Å². The molecule has 2 rings (SSSR count). The number of hydrogen-bond acceptors (Lipinski definition) is 3. The topological polar surface area (TPSA) is 42.1 Å². The molecule has 0 amide bonds. The number of likely N-dealkylation sites (tertiary alicyclic amines) is 1. The van der Waals surface area contributed by atoms with Crippen LogP contribution in [0.5, 0.6) is 0 Å². The molecule has 88 valence electrons. The lowest BCUT2D eigenvalue weighted by Crippen LogP contribution is -2.30. The summed E-state index contributed by atoms with van der Waals surface area (Å²) in [5.74, 6) is 0.684. The Morgan fingerprint density at radius 3 is 3.06 bits per heavy atom.